The van der Waals surface area contributed by atoms with Crippen molar-refractivity contribution in [1.82, 2.24) is 9.80 Å². The predicted octanol–water partition coefficient (Wildman–Crippen LogP) is 0.331. The van der Waals surface area contributed by atoms with Gasteiger partial charge in [0.2, 0.25) is 11.8 Å². The van der Waals surface area contributed by atoms with Gasteiger partial charge in [-0.25, -0.2) is 0 Å². The van der Waals surface area contributed by atoms with Crippen LogP contribution in [0.1, 0.15) is 6.92 Å². The molecule has 6 nitrogen and oxygen atoms in total. The zero-order valence-corrected chi connectivity index (χ0v) is 12.9. The number of carbonyl (C=O) groups is 2. The third-order valence-electron chi connectivity index (χ3n) is 3.73. The van der Waals surface area contributed by atoms with Gasteiger partial charge in [0.15, 0.2) is 0 Å². The van der Waals surface area contributed by atoms with E-state index in [2.05, 4.69) is 0 Å². The summed E-state index contributed by atoms with van der Waals surface area (Å²) < 4.78 is 5.80. The molecule has 1 atom stereocenters. The van der Waals surface area contributed by atoms with Crippen molar-refractivity contribution in [3.63, 3.8) is 0 Å². The Labute approximate surface area is 130 Å². The van der Waals surface area contributed by atoms with E-state index < -0.39 is 0 Å². The molecule has 1 fully saturated rings. The minimum absolute atomic E-state index is 0.0469. The lowest BCUT2D eigenvalue weighted by atomic mass is 10.1. The summed E-state index contributed by atoms with van der Waals surface area (Å²) in [7, 11) is 0. The van der Waals surface area contributed by atoms with Gasteiger partial charge in [0.05, 0.1) is 13.2 Å². The van der Waals surface area contributed by atoms with Crippen LogP contribution in [0.15, 0.2) is 30.3 Å². The molecule has 2 N–H and O–H groups in total. The van der Waals surface area contributed by atoms with E-state index in [1.54, 1.807) is 11.8 Å². The molecule has 0 bridgehead atoms. The fourth-order valence-electron chi connectivity index (χ4n) is 2.67. The third kappa shape index (κ3) is 5.04. The van der Waals surface area contributed by atoms with Crippen LogP contribution in [0.3, 0.4) is 0 Å². The lowest BCUT2D eigenvalue weighted by Gasteiger charge is -2.23. The minimum Gasteiger partial charge on any atom is -0.493 e. The molecule has 1 aromatic carbocycles. The van der Waals surface area contributed by atoms with Crippen LogP contribution in [-0.4, -0.2) is 60.9 Å². The number of primary amides is 1. The van der Waals surface area contributed by atoms with Crippen molar-refractivity contribution in [2.24, 2.45) is 11.7 Å². The second kappa shape index (κ2) is 7.79. The van der Waals surface area contributed by atoms with Gasteiger partial charge in [-0.05, 0) is 12.1 Å². The van der Waals surface area contributed by atoms with Gasteiger partial charge in [-0.3, -0.25) is 14.5 Å². The Morgan fingerprint density at radius 2 is 1.95 bits per heavy atom. The number of ether oxygens (including phenoxy) is 1. The zero-order chi connectivity index (χ0) is 15.9. The second-order valence-corrected chi connectivity index (χ2v) is 5.66. The van der Waals surface area contributed by atoms with Crippen LogP contribution in [-0.2, 0) is 9.59 Å². The number of benzene rings is 1. The van der Waals surface area contributed by atoms with Crippen LogP contribution < -0.4 is 10.5 Å². The molecule has 0 spiro atoms. The molecular formula is C16H23N3O3. The van der Waals surface area contributed by atoms with Crippen molar-refractivity contribution in [1.29, 1.82) is 0 Å². The third-order valence-corrected chi connectivity index (χ3v) is 3.73. The fraction of sp³-hybridized carbons (Fsp3) is 0.500. The molecule has 22 heavy (non-hydrogen) atoms. The lowest BCUT2D eigenvalue weighted by molar-refractivity contribution is -0.129. The Morgan fingerprint density at radius 1 is 1.23 bits per heavy atom. The number of hydrogen-bond acceptors (Lipinski definition) is 4. The van der Waals surface area contributed by atoms with E-state index in [0.717, 1.165) is 5.75 Å². The molecule has 0 aliphatic carbocycles. The number of rotatable bonds is 5. The number of hydrogen-bond donors (Lipinski definition) is 1. The van der Waals surface area contributed by atoms with Crippen LogP contribution in [0, 0.1) is 5.92 Å². The van der Waals surface area contributed by atoms with Crippen LogP contribution in [0.2, 0.25) is 0 Å². The average Bonchev–Trinajstić information content (AvgIpc) is 2.68. The number of nitrogens with zero attached hydrogens (tertiary/aromatic N) is 2. The quantitative estimate of drug-likeness (QED) is 0.850. The van der Waals surface area contributed by atoms with Crippen molar-refractivity contribution in [2.45, 2.75) is 6.92 Å². The maximum atomic E-state index is 11.7. The van der Waals surface area contributed by atoms with E-state index in [1.807, 2.05) is 35.2 Å². The minimum atomic E-state index is -0.348. The summed E-state index contributed by atoms with van der Waals surface area (Å²) in [5.41, 5.74) is 5.29. The Hall–Kier alpha value is -2.08. The highest BCUT2D eigenvalue weighted by atomic mass is 16.5. The lowest BCUT2D eigenvalue weighted by Crippen LogP contribution is -2.38. The van der Waals surface area contributed by atoms with Crippen molar-refractivity contribution in [2.75, 3.05) is 39.3 Å². The van der Waals surface area contributed by atoms with Crippen LogP contribution in [0.5, 0.6) is 5.75 Å². The van der Waals surface area contributed by atoms with E-state index >= 15 is 0 Å². The summed E-state index contributed by atoms with van der Waals surface area (Å²) in [6.07, 6.45) is 0. The van der Waals surface area contributed by atoms with Gasteiger partial charge in [0.1, 0.15) is 5.75 Å². The maximum Gasteiger partial charge on any atom is 0.231 e. The molecular weight excluding hydrogens is 282 g/mol. The molecule has 1 heterocycles. The van der Waals surface area contributed by atoms with Crippen molar-refractivity contribution < 1.29 is 14.3 Å². The monoisotopic (exact) mass is 305 g/mol. The van der Waals surface area contributed by atoms with Gasteiger partial charge in [0, 0.05) is 39.0 Å². The fourth-order valence-corrected chi connectivity index (χ4v) is 2.67. The molecule has 2 rings (SSSR count). The molecule has 1 unspecified atom stereocenters. The highest BCUT2D eigenvalue weighted by Gasteiger charge is 2.25. The Kier molecular flexibility index (Phi) is 5.77. The molecule has 2 amide bonds. The first-order valence-corrected chi connectivity index (χ1v) is 7.48. The van der Waals surface area contributed by atoms with Gasteiger partial charge in [-0.1, -0.05) is 18.2 Å². The number of nitrogens with two attached hydrogens (primary N) is 1. The first-order valence-electron chi connectivity index (χ1n) is 7.48. The second-order valence-electron chi connectivity index (χ2n) is 5.66. The Morgan fingerprint density at radius 3 is 2.59 bits per heavy atom. The maximum absolute atomic E-state index is 11.7. The molecule has 1 aliphatic heterocycles. The summed E-state index contributed by atoms with van der Waals surface area (Å²) in [4.78, 5) is 26.6. The van der Waals surface area contributed by atoms with E-state index in [1.165, 1.54) is 0 Å². The number of para-hydroxylation sites is 1. The molecule has 0 saturated carbocycles. The van der Waals surface area contributed by atoms with Gasteiger partial charge in [0.25, 0.3) is 0 Å². The van der Waals surface area contributed by atoms with Crippen molar-refractivity contribution in [3.05, 3.63) is 30.3 Å². The molecule has 0 aromatic heterocycles. The SMILES string of the molecule is CC(=O)N1CCN(CC(N)=O)CC(COc2ccccc2)C1. The normalized spacial score (nSPS) is 19.5. The van der Waals surface area contributed by atoms with Crippen LogP contribution in [0.4, 0.5) is 0 Å². The first-order chi connectivity index (χ1) is 10.5. The molecule has 0 radical (unpaired) electrons. The zero-order valence-electron chi connectivity index (χ0n) is 12.9. The van der Waals surface area contributed by atoms with Gasteiger partial charge < -0.3 is 15.4 Å². The van der Waals surface area contributed by atoms with Crippen molar-refractivity contribution in [3.8, 4) is 5.75 Å². The van der Waals surface area contributed by atoms with E-state index in [4.69, 9.17) is 10.5 Å². The van der Waals surface area contributed by atoms with Gasteiger partial charge in [-0.15, -0.1) is 0 Å². The molecule has 120 valence electrons. The number of carbonyl (C=O) groups excluding carboxylic acids is 2. The van der Waals surface area contributed by atoms with Crippen molar-refractivity contribution >= 4 is 11.8 Å². The molecule has 1 saturated heterocycles. The molecule has 1 aromatic rings. The predicted molar refractivity (Wildman–Crippen MR) is 83.3 cm³/mol. The highest BCUT2D eigenvalue weighted by Crippen LogP contribution is 2.14. The average molecular weight is 305 g/mol. The smallest absolute Gasteiger partial charge is 0.231 e. The van der Waals surface area contributed by atoms with Gasteiger partial charge >= 0.3 is 0 Å². The summed E-state index contributed by atoms with van der Waals surface area (Å²) >= 11 is 0. The van der Waals surface area contributed by atoms with E-state index in [-0.39, 0.29) is 24.3 Å². The standard InChI is InChI=1S/C16H23N3O3/c1-13(20)19-8-7-18(11-16(17)21)9-14(10-19)12-22-15-5-3-2-4-6-15/h2-6,14H,7-12H2,1H3,(H2,17,21). The number of amides is 2. The summed E-state index contributed by atoms with van der Waals surface area (Å²) in [6, 6.07) is 9.58. The topological polar surface area (TPSA) is 75.9 Å². The summed E-state index contributed by atoms with van der Waals surface area (Å²) in [5, 5.41) is 0. The highest BCUT2D eigenvalue weighted by molar-refractivity contribution is 5.76. The van der Waals surface area contributed by atoms with E-state index in [0.29, 0.717) is 32.8 Å². The van der Waals surface area contributed by atoms with Gasteiger partial charge in [-0.2, -0.15) is 0 Å². The first kappa shape index (κ1) is 16.3. The Bertz CT molecular complexity index is 507. The summed E-state index contributed by atoms with van der Waals surface area (Å²) in [5.74, 6) is 0.651. The molecule has 1 aliphatic rings. The largest absolute Gasteiger partial charge is 0.493 e. The van der Waals surface area contributed by atoms with Crippen LogP contribution >= 0.6 is 0 Å². The Balaban J connectivity index is 1.98. The summed E-state index contributed by atoms with van der Waals surface area (Å²) in [6.45, 7) is 4.89. The molecule has 6 heteroatoms. The van der Waals surface area contributed by atoms with Crippen LogP contribution in [0.25, 0.3) is 0 Å². The van der Waals surface area contributed by atoms with E-state index in [9.17, 15) is 9.59 Å².